The molecule has 0 saturated heterocycles. The van der Waals surface area contributed by atoms with Crippen molar-refractivity contribution in [1.29, 1.82) is 0 Å². The molecule has 0 fully saturated rings. The Hall–Kier alpha value is -1.41. The summed E-state index contributed by atoms with van der Waals surface area (Å²) < 4.78 is 5.17. The van der Waals surface area contributed by atoms with Crippen LogP contribution in [-0.2, 0) is 0 Å². The second kappa shape index (κ2) is 5.49. The first kappa shape index (κ1) is 13.0. The minimum absolute atomic E-state index is 0.900. The van der Waals surface area contributed by atoms with Gasteiger partial charge in [0, 0.05) is 9.79 Å². The predicted molar refractivity (Wildman–Crippen MR) is 77.8 cm³/mol. The summed E-state index contributed by atoms with van der Waals surface area (Å²) in [6, 6.07) is 12.7. The molecular formula is C16H18OS. The summed E-state index contributed by atoms with van der Waals surface area (Å²) in [5.74, 6) is 0.900. The van der Waals surface area contributed by atoms with E-state index in [4.69, 9.17) is 4.74 Å². The number of rotatable bonds is 3. The van der Waals surface area contributed by atoms with Crippen LogP contribution in [0, 0.1) is 20.8 Å². The molecule has 0 bridgehead atoms. The van der Waals surface area contributed by atoms with E-state index < -0.39 is 0 Å². The highest BCUT2D eigenvalue weighted by atomic mass is 32.2. The molecule has 0 unspecified atom stereocenters. The van der Waals surface area contributed by atoms with Gasteiger partial charge in [-0.1, -0.05) is 29.5 Å². The van der Waals surface area contributed by atoms with Crippen LogP contribution in [0.5, 0.6) is 5.75 Å². The Labute approximate surface area is 113 Å². The smallest absolute Gasteiger partial charge is 0.118 e. The van der Waals surface area contributed by atoms with Gasteiger partial charge in [-0.15, -0.1) is 0 Å². The van der Waals surface area contributed by atoms with E-state index in [1.807, 2.05) is 23.9 Å². The van der Waals surface area contributed by atoms with Crippen LogP contribution < -0.4 is 4.74 Å². The third-order valence-corrected chi connectivity index (χ3v) is 4.24. The number of aryl methyl sites for hydroxylation is 3. The van der Waals surface area contributed by atoms with Crippen LogP contribution in [0.4, 0.5) is 0 Å². The van der Waals surface area contributed by atoms with E-state index in [0.717, 1.165) is 5.75 Å². The lowest BCUT2D eigenvalue weighted by molar-refractivity contribution is 0.414. The number of ether oxygens (including phenoxy) is 1. The van der Waals surface area contributed by atoms with Crippen LogP contribution in [0.25, 0.3) is 0 Å². The van der Waals surface area contributed by atoms with E-state index in [1.165, 1.54) is 26.5 Å². The van der Waals surface area contributed by atoms with E-state index in [9.17, 15) is 0 Å². The van der Waals surface area contributed by atoms with Crippen LogP contribution in [0.1, 0.15) is 16.7 Å². The standard InChI is InChI=1S/C16H18OS/c1-11-9-12(2)16(13(3)10-11)18-15-7-5-14(17-4)6-8-15/h5-10H,1-4H3. The minimum Gasteiger partial charge on any atom is -0.497 e. The molecule has 0 spiro atoms. The molecule has 0 aliphatic heterocycles. The fraction of sp³-hybridized carbons (Fsp3) is 0.250. The van der Waals surface area contributed by atoms with E-state index in [-0.39, 0.29) is 0 Å². The van der Waals surface area contributed by atoms with Gasteiger partial charge < -0.3 is 4.74 Å². The molecule has 0 aliphatic rings. The summed E-state index contributed by atoms with van der Waals surface area (Å²) in [6.45, 7) is 6.49. The molecule has 2 heteroatoms. The third kappa shape index (κ3) is 2.88. The van der Waals surface area contributed by atoms with Crippen molar-refractivity contribution in [3.63, 3.8) is 0 Å². The molecule has 0 aliphatic carbocycles. The first-order valence-electron chi connectivity index (χ1n) is 6.00. The first-order valence-corrected chi connectivity index (χ1v) is 6.81. The SMILES string of the molecule is COc1ccc(Sc2c(C)cc(C)cc2C)cc1. The number of methoxy groups -OCH3 is 1. The van der Waals surface area contributed by atoms with Crippen LogP contribution in [-0.4, -0.2) is 7.11 Å². The molecule has 94 valence electrons. The molecule has 0 amide bonds. The fourth-order valence-corrected chi connectivity index (χ4v) is 3.04. The summed E-state index contributed by atoms with van der Waals surface area (Å²) in [7, 11) is 1.69. The Kier molecular flexibility index (Phi) is 3.97. The van der Waals surface area contributed by atoms with E-state index in [2.05, 4.69) is 45.0 Å². The van der Waals surface area contributed by atoms with Crippen molar-refractivity contribution in [2.24, 2.45) is 0 Å². The van der Waals surface area contributed by atoms with Gasteiger partial charge in [0.1, 0.15) is 5.75 Å². The summed E-state index contributed by atoms with van der Waals surface area (Å²) in [6.07, 6.45) is 0. The molecule has 0 N–H and O–H groups in total. The van der Waals surface area contributed by atoms with Gasteiger partial charge in [0.2, 0.25) is 0 Å². The van der Waals surface area contributed by atoms with Crippen molar-refractivity contribution in [1.82, 2.24) is 0 Å². The zero-order valence-corrected chi connectivity index (χ0v) is 12.1. The average Bonchev–Trinajstić information content (AvgIpc) is 2.34. The maximum atomic E-state index is 5.17. The molecule has 0 heterocycles. The molecule has 0 atom stereocenters. The maximum absolute atomic E-state index is 5.17. The summed E-state index contributed by atoms with van der Waals surface area (Å²) >= 11 is 1.81. The lowest BCUT2D eigenvalue weighted by Crippen LogP contribution is -1.88. The van der Waals surface area contributed by atoms with Crippen molar-refractivity contribution in [3.8, 4) is 5.75 Å². The molecule has 2 aromatic rings. The third-order valence-electron chi connectivity index (χ3n) is 2.88. The molecule has 2 aromatic carbocycles. The summed E-state index contributed by atoms with van der Waals surface area (Å²) in [4.78, 5) is 2.59. The summed E-state index contributed by atoms with van der Waals surface area (Å²) in [5.41, 5.74) is 4.01. The second-order valence-corrected chi connectivity index (χ2v) is 5.59. The maximum Gasteiger partial charge on any atom is 0.118 e. The molecule has 1 nitrogen and oxygen atoms in total. The monoisotopic (exact) mass is 258 g/mol. The Bertz CT molecular complexity index is 521. The van der Waals surface area contributed by atoms with Gasteiger partial charge in [-0.25, -0.2) is 0 Å². The minimum atomic E-state index is 0.900. The van der Waals surface area contributed by atoms with Gasteiger partial charge in [-0.2, -0.15) is 0 Å². The normalized spacial score (nSPS) is 10.4. The zero-order chi connectivity index (χ0) is 13.1. The van der Waals surface area contributed by atoms with Gasteiger partial charge >= 0.3 is 0 Å². The van der Waals surface area contributed by atoms with Crippen molar-refractivity contribution >= 4 is 11.8 Å². The van der Waals surface area contributed by atoms with Crippen molar-refractivity contribution in [3.05, 3.63) is 53.1 Å². The highest BCUT2D eigenvalue weighted by molar-refractivity contribution is 7.99. The molecule has 0 aromatic heterocycles. The quantitative estimate of drug-likeness (QED) is 0.784. The van der Waals surface area contributed by atoms with E-state index in [0.29, 0.717) is 0 Å². The van der Waals surface area contributed by atoms with Crippen molar-refractivity contribution in [2.75, 3.05) is 7.11 Å². The predicted octanol–water partition coefficient (Wildman–Crippen LogP) is 4.77. The second-order valence-electron chi connectivity index (χ2n) is 4.51. The zero-order valence-electron chi connectivity index (χ0n) is 11.3. The number of hydrogen-bond acceptors (Lipinski definition) is 2. The molecule has 0 radical (unpaired) electrons. The van der Waals surface area contributed by atoms with Gasteiger partial charge in [-0.05, 0) is 56.2 Å². The van der Waals surface area contributed by atoms with Crippen LogP contribution in [0.2, 0.25) is 0 Å². The van der Waals surface area contributed by atoms with Crippen LogP contribution in [0.3, 0.4) is 0 Å². The van der Waals surface area contributed by atoms with Crippen LogP contribution in [0.15, 0.2) is 46.2 Å². The van der Waals surface area contributed by atoms with Gasteiger partial charge in [0.25, 0.3) is 0 Å². The van der Waals surface area contributed by atoms with Crippen molar-refractivity contribution < 1.29 is 4.74 Å². The lowest BCUT2D eigenvalue weighted by atomic mass is 10.1. The highest BCUT2D eigenvalue weighted by Crippen LogP contribution is 2.34. The van der Waals surface area contributed by atoms with E-state index >= 15 is 0 Å². The number of hydrogen-bond donors (Lipinski definition) is 0. The first-order chi connectivity index (χ1) is 8.60. The Morgan fingerprint density at radius 1 is 0.889 bits per heavy atom. The molecular weight excluding hydrogens is 240 g/mol. The van der Waals surface area contributed by atoms with Gasteiger partial charge in [0.15, 0.2) is 0 Å². The number of benzene rings is 2. The lowest BCUT2D eigenvalue weighted by Gasteiger charge is -2.11. The molecule has 18 heavy (non-hydrogen) atoms. The Morgan fingerprint density at radius 3 is 1.94 bits per heavy atom. The van der Waals surface area contributed by atoms with E-state index in [1.54, 1.807) is 7.11 Å². The molecule has 0 saturated carbocycles. The Morgan fingerprint density at radius 2 is 1.44 bits per heavy atom. The molecule has 2 rings (SSSR count). The van der Waals surface area contributed by atoms with Gasteiger partial charge in [0.05, 0.1) is 7.11 Å². The van der Waals surface area contributed by atoms with Crippen molar-refractivity contribution in [2.45, 2.75) is 30.6 Å². The average molecular weight is 258 g/mol. The highest BCUT2D eigenvalue weighted by Gasteiger charge is 2.06. The Balaban J connectivity index is 2.28. The largest absolute Gasteiger partial charge is 0.497 e. The van der Waals surface area contributed by atoms with Gasteiger partial charge in [-0.3, -0.25) is 0 Å². The topological polar surface area (TPSA) is 9.23 Å². The summed E-state index contributed by atoms with van der Waals surface area (Å²) in [5, 5.41) is 0. The fourth-order valence-electron chi connectivity index (χ4n) is 2.09. The van der Waals surface area contributed by atoms with Crippen LogP contribution >= 0.6 is 11.8 Å².